The van der Waals surface area contributed by atoms with E-state index in [4.69, 9.17) is 0 Å². The summed E-state index contributed by atoms with van der Waals surface area (Å²) in [4.78, 5) is 0. The fraction of sp³-hybridized carbons (Fsp3) is 1.00. The smallest absolute Gasteiger partial charge is 0.0596 e. The van der Waals surface area contributed by atoms with Crippen molar-refractivity contribution in [3.63, 3.8) is 0 Å². The molecule has 0 radical (unpaired) electrons. The first kappa shape index (κ1) is 47.3. The van der Waals surface area contributed by atoms with Crippen LogP contribution in [0.25, 0.3) is 0 Å². The molecule has 0 heterocycles. The van der Waals surface area contributed by atoms with Gasteiger partial charge in [-0.05, 0) is 103 Å². The molecule has 0 unspecified atom stereocenters. The van der Waals surface area contributed by atoms with Gasteiger partial charge in [0.25, 0.3) is 0 Å². The fourth-order valence-corrected chi connectivity index (χ4v) is 5.19. The molecular formula is C32H72O4Ti. The van der Waals surface area contributed by atoms with Gasteiger partial charge in [-0.25, -0.2) is 0 Å². The maximum atomic E-state index is 9.35. The summed E-state index contributed by atoms with van der Waals surface area (Å²) in [5.41, 5.74) is -1.12. The standard InChI is InChI=1S/4C8H18O.Ti/c4*1-7(2,3)6-8(4,5)9;/h4*9H,6H2,1-5H3;. The first-order valence-electron chi connectivity index (χ1n) is 13.7. The first-order chi connectivity index (χ1) is 14.8. The second-order valence-corrected chi connectivity index (χ2v) is 18.2. The third-order valence-corrected chi connectivity index (χ3v) is 3.85. The quantitative estimate of drug-likeness (QED) is 0.256. The molecule has 0 amide bonds. The zero-order chi connectivity index (χ0) is 30.8. The van der Waals surface area contributed by atoms with E-state index in [1.807, 2.05) is 55.4 Å². The van der Waals surface area contributed by atoms with E-state index in [2.05, 4.69) is 83.1 Å². The molecule has 4 nitrogen and oxygen atoms in total. The van der Waals surface area contributed by atoms with Crippen molar-refractivity contribution in [2.75, 3.05) is 0 Å². The third kappa shape index (κ3) is 72.4. The Bertz CT molecular complexity index is 390. The van der Waals surface area contributed by atoms with Gasteiger partial charge in [0.05, 0.1) is 22.4 Å². The largest absolute Gasteiger partial charge is 0.390 e. The average Bonchev–Trinajstić information content (AvgIpc) is 2.19. The molecule has 0 aliphatic rings. The van der Waals surface area contributed by atoms with Crippen LogP contribution in [0.2, 0.25) is 0 Å². The summed E-state index contributed by atoms with van der Waals surface area (Å²) >= 11 is 0. The monoisotopic (exact) mass is 568 g/mol. The van der Waals surface area contributed by atoms with Crippen LogP contribution < -0.4 is 0 Å². The molecule has 0 aromatic rings. The van der Waals surface area contributed by atoms with Crippen molar-refractivity contribution < 1.29 is 42.1 Å². The summed E-state index contributed by atoms with van der Waals surface area (Å²) < 4.78 is 0. The molecule has 37 heavy (non-hydrogen) atoms. The van der Waals surface area contributed by atoms with E-state index >= 15 is 0 Å². The van der Waals surface area contributed by atoms with Gasteiger partial charge in [0, 0.05) is 21.7 Å². The predicted molar refractivity (Wildman–Crippen MR) is 161 cm³/mol. The van der Waals surface area contributed by atoms with Crippen molar-refractivity contribution in [2.45, 2.75) is 187 Å². The molecule has 0 saturated heterocycles. The van der Waals surface area contributed by atoms with E-state index in [0.717, 1.165) is 25.7 Å². The van der Waals surface area contributed by atoms with Crippen molar-refractivity contribution in [1.29, 1.82) is 0 Å². The van der Waals surface area contributed by atoms with Crippen LogP contribution in [-0.4, -0.2) is 42.8 Å². The summed E-state index contributed by atoms with van der Waals surface area (Å²) in [7, 11) is 0. The van der Waals surface area contributed by atoms with Crippen molar-refractivity contribution in [1.82, 2.24) is 0 Å². The van der Waals surface area contributed by atoms with E-state index < -0.39 is 22.4 Å². The molecule has 0 atom stereocenters. The predicted octanol–water partition coefficient (Wildman–Crippen LogP) is 8.77. The number of hydrogen-bond donors (Lipinski definition) is 4. The van der Waals surface area contributed by atoms with Gasteiger partial charge in [-0.3, -0.25) is 0 Å². The average molecular weight is 569 g/mol. The van der Waals surface area contributed by atoms with Gasteiger partial charge in [-0.1, -0.05) is 83.1 Å². The Balaban J connectivity index is -0.000000122. The fourth-order valence-electron chi connectivity index (χ4n) is 5.19. The Morgan fingerprint density at radius 1 is 0.270 bits per heavy atom. The molecule has 4 N–H and O–H groups in total. The van der Waals surface area contributed by atoms with Crippen molar-refractivity contribution in [3.8, 4) is 0 Å². The number of hydrogen-bond acceptors (Lipinski definition) is 4. The molecule has 0 aromatic carbocycles. The Morgan fingerprint density at radius 2 is 0.351 bits per heavy atom. The van der Waals surface area contributed by atoms with Gasteiger partial charge in [-0.15, -0.1) is 0 Å². The molecule has 5 heteroatoms. The second-order valence-electron chi connectivity index (χ2n) is 18.2. The molecular weight excluding hydrogens is 496 g/mol. The van der Waals surface area contributed by atoms with Gasteiger partial charge in [0.1, 0.15) is 0 Å². The normalized spacial score (nSPS) is 13.6. The number of rotatable bonds is 4. The Kier molecular flexibility index (Phi) is 21.4. The molecule has 0 saturated carbocycles. The molecule has 0 rings (SSSR count). The van der Waals surface area contributed by atoms with E-state index in [-0.39, 0.29) is 43.4 Å². The maximum absolute atomic E-state index is 9.35. The summed E-state index contributed by atoms with van der Waals surface area (Å²) in [6.45, 7) is 40.3. The van der Waals surface area contributed by atoms with Crippen molar-refractivity contribution >= 4 is 0 Å². The summed E-state index contributed by atoms with van der Waals surface area (Å²) in [5, 5.41) is 37.4. The van der Waals surface area contributed by atoms with Crippen LogP contribution in [0.1, 0.15) is 164 Å². The van der Waals surface area contributed by atoms with Gasteiger partial charge < -0.3 is 20.4 Å². The zero-order valence-corrected chi connectivity index (χ0v) is 30.7. The van der Waals surface area contributed by atoms with Crippen molar-refractivity contribution in [3.05, 3.63) is 0 Å². The molecule has 0 aliphatic heterocycles. The Hall–Kier alpha value is 0.554. The van der Waals surface area contributed by atoms with Crippen LogP contribution in [0, 0.1) is 21.7 Å². The van der Waals surface area contributed by atoms with Crippen LogP contribution >= 0.6 is 0 Å². The Labute approximate surface area is 249 Å². The van der Waals surface area contributed by atoms with E-state index in [1.165, 1.54) is 0 Å². The zero-order valence-electron chi connectivity index (χ0n) is 29.1. The van der Waals surface area contributed by atoms with E-state index in [0.29, 0.717) is 0 Å². The van der Waals surface area contributed by atoms with Crippen LogP contribution in [0.5, 0.6) is 0 Å². The Morgan fingerprint density at radius 3 is 0.351 bits per heavy atom. The minimum Gasteiger partial charge on any atom is -0.390 e. The third-order valence-electron chi connectivity index (χ3n) is 3.85. The molecule has 0 aromatic heterocycles. The number of aliphatic hydroxyl groups is 4. The first-order valence-corrected chi connectivity index (χ1v) is 13.7. The van der Waals surface area contributed by atoms with Crippen LogP contribution in [0.3, 0.4) is 0 Å². The van der Waals surface area contributed by atoms with Crippen LogP contribution in [0.4, 0.5) is 0 Å². The summed E-state index contributed by atoms with van der Waals surface area (Å²) in [5.74, 6) is 0. The summed E-state index contributed by atoms with van der Waals surface area (Å²) in [6, 6.07) is 0. The molecule has 0 bridgehead atoms. The minimum atomic E-state index is -0.516. The molecule has 0 fully saturated rings. The topological polar surface area (TPSA) is 80.9 Å². The summed E-state index contributed by atoms with van der Waals surface area (Å²) in [6.07, 6.45) is 3.39. The van der Waals surface area contributed by atoms with Gasteiger partial charge in [-0.2, -0.15) is 0 Å². The SMILES string of the molecule is CC(C)(C)CC(C)(C)O.CC(C)(C)CC(C)(C)O.CC(C)(C)CC(C)(C)O.CC(C)(C)CC(C)(C)O.[Ti]. The van der Waals surface area contributed by atoms with Crippen LogP contribution in [0.15, 0.2) is 0 Å². The van der Waals surface area contributed by atoms with E-state index in [9.17, 15) is 20.4 Å². The van der Waals surface area contributed by atoms with Crippen LogP contribution in [-0.2, 0) is 21.7 Å². The molecule has 0 spiro atoms. The second kappa shape index (κ2) is 16.7. The van der Waals surface area contributed by atoms with Gasteiger partial charge >= 0.3 is 0 Å². The van der Waals surface area contributed by atoms with Crippen molar-refractivity contribution in [2.24, 2.45) is 21.7 Å². The molecule has 228 valence electrons. The van der Waals surface area contributed by atoms with E-state index in [1.54, 1.807) is 0 Å². The minimum absolute atomic E-state index is 0. The van der Waals surface area contributed by atoms with Gasteiger partial charge in [0.15, 0.2) is 0 Å². The maximum Gasteiger partial charge on any atom is 0.0596 e. The van der Waals surface area contributed by atoms with Gasteiger partial charge in [0.2, 0.25) is 0 Å². The molecule has 0 aliphatic carbocycles.